The first-order valence-electron chi connectivity index (χ1n) is 4.85. The van der Waals surface area contributed by atoms with E-state index in [0.717, 1.165) is 0 Å². The molecule has 0 aliphatic rings. The molecule has 0 saturated carbocycles. The number of aliphatic imine (C=N–C) groups is 1. The number of carbonyl (C=O) groups is 1. The minimum absolute atomic E-state index is 0.301. The van der Waals surface area contributed by atoms with E-state index in [4.69, 9.17) is 10.1 Å². The lowest BCUT2D eigenvalue weighted by molar-refractivity contribution is -0.138. The topological polar surface area (TPSA) is 62.5 Å². The van der Waals surface area contributed by atoms with Crippen molar-refractivity contribution in [1.82, 2.24) is 0 Å². The molecule has 0 heterocycles. The highest BCUT2D eigenvalue weighted by Gasteiger charge is 2.23. The van der Waals surface area contributed by atoms with Gasteiger partial charge in [-0.3, -0.25) is 0 Å². The summed E-state index contributed by atoms with van der Waals surface area (Å²) in [6.07, 6.45) is 0. The third-order valence-electron chi connectivity index (χ3n) is 1.81. The molecule has 0 spiro atoms. The minimum atomic E-state index is -0.388. The monoisotopic (exact) mass is 210 g/mol. The normalized spacial score (nSPS) is 12.6. The summed E-state index contributed by atoms with van der Waals surface area (Å²) >= 11 is 0. The van der Waals surface area contributed by atoms with Crippen molar-refractivity contribution >= 4 is 12.0 Å². The molecule has 0 aliphatic carbocycles. The van der Waals surface area contributed by atoms with Crippen LogP contribution in [-0.4, -0.2) is 18.6 Å². The third kappa shape index (κ3) is 4.09. The lowest BCUT2D eigenvalue weighted by atomic mass is 9.89. The Hall–Kier alpha value is -1.41. The van der Waals surface area contributed by atoms with Crippen LogP contribution in [0.3, 0.4) is 0 Å². The number of rotatable bonds is 3. The van der Waals surface area contributed by atoms with Gasteiger partial charge in [-0.1, -0.05) is 20.8 Å². The number of nitrogens with zero attached hydrogens (tertiary/aromatic N) is 1. The highest BCUT2D eigenvalue weighted by Crippen LogP contribution is 2.29. The molecule has 0 fully saturated rings. The van der Waals surface area contributed by atoms with Crippen LogP contribution in [0.2, 0.25) is 0 Å². The zero-order valence-corrected chi connectivity index (χ0v) is 9.97. The third-order valence-corrected chi connectivity index (χ3v) is 1.81. The van der Waals surface area contributed by atoms with E-state index in [9.17, 15) is 4.79 Å². The first kappa shape index (κ1) is 13.6. The molecule has 0 atom stereocenters. The van der Waals surface area contributed by atoms with Gasteiger partial charge in [-0.2, -0.15) is 4.99 Å². The Kier molecular flexibility index (Phi) is 4.95. The van der Waals surface area contributed by atoms with Gasteiger partial charge < -0.3 is 4.74 Å². The highest BCUT2D eigenvalue weighted by atomic mass is 16.5. The van der Waals surface area contributed by atoms with Gasteiger partial charge in [0.25, 0.3) is 0 Å². The molecule has 0 aromatic heterocycles. The summed E-state index contributed by atoms with van der Waals surface area (Å²) in [5.74, 6) is -0.388. The Morgan fingerprint density at radius 2 is 2.00 bits per heavy atom. The van der Waals surface area contributed by atoms with E-state index in [1.165, 1.54) is 0 Å². The fraction of sp³-hybridized carbons (Fsp3) is 0.636. The van der Waals surface area contributed by atoms with Crippen molar-refractivity contribution in [3.05, 3.63) is 11.3 Å². The molecule has 4 heteroatoms. The summed E-state index contributed by atoms with van der Waals surface area (Å²) in [7, 11) is 0. The Morgan fingerprint density at radius 3 is 2.33 bits per heavy atom. The van der Waals surface area contributed by atoms with Gasteiger partial charge in [0.1, 0.15) is 0 Å². The molecule has 0 aromatic rings. The number of ether oxygens (including phenoxy) is 1. The van der Waals surface area contributed by atoms with Crippen molar-refractivity contribution in [2.24, 2.45) is 10.4 Å². The molecule has 0 bridgehead atoms. The summed E-state index contributed by atoms with van der Waals surface area (Å²) in [6, 6.07) is 1.96. The fourth-order valence-corrected chi connectivity index (χ4v) is 1.21. The number of carbonyl (C=O) groups excluding carboxylic acids is 1. The largest absolute Gasteiger partial charge is 0.463 e. The maximum Gasteiger partial charge on any atom is 0.335 e. The van der Waals surface area contributed by atoms with Gasteiger partial charge in [0, 0.05) is 5.41 Å². The molecule has 0 aromatic carbocycles. The second-order valence-electron chi connectivity index (χ2n) is 4.17. The van der Waals surface area contributed by atoms with Crippen LogP contribution in [0.4, 0.5) is 0 Å². The number of nitrogens with one attached hydrogen (secondary N) is 1. The standard InChI is InChI=1S/C11H18N2O2/c1-6-15-10(14)8(2)9(13-7-12)11(3,4)5/h12H,6H2,1-5H3. The Labute approximate surface area is 90.6 Å². The van der Waals surface area contributed by atoms with Crippen LogP contribution in [0.15, 0.2) is 16.3 Å². The van der Waals surface area contributed by atoms with Crippen LogP contribution >= 0.6 is 0 Å². The number of esters is 1. The molecular weight excluding hydrogens is 192 g/mol. The van der Waals surface area contributed by atoms with Gasteiger partial charge in [0.15, 0.2) is 0 Å². The van der Waals surface area contributed by atoms with Crippen molar-refractivity contribution in [3.8, 4) is 0 Å². The van der Waals surface area contributed by atoms with E-state index in [-0.39, 0.29) is 11.4 Å². The maximum absolute atomic E-state index is 11.5. The maximum atomic E-state index is 11.5. The van der Waals surface area contributed by atoms with E-state index < -0.39 is 0 Å². The van der Waals surface area contributed by atoms with Crippen molar-refractivity contribution in [3.63, 3.8) is 0 Å². The van der Waals surface area contributed by atoms with Crippen LogP contribution < -0.4 is 0 Å². The predicted octanol–water partition coefficient (Wildman–Crippen LogP) is 2.62. The first-order chi connectivity index (χ1) is 6.84. The van der Waals surface area contributed by atoms with Crippen molar-refractivity contribution in [2.45, 2.75) is 34.6 Å². The van der Waals surface area contributed by atoms with Crippen LogP contribution in [0, 0.1) is 10.8 Å². The number of hydrogen-bond acceptors (Lipinski definition) is 4. The molecule has 0 amide bonds. The van der Waals surface area contributed by atoms with Crippen molar-refractivity contribution in [2.75, 3.05) is 6.61 Å². The van der Waals surface area contributed by atoms with Gasteiger partial charge in [-0.25, -0.2) is 10.2 Å². The smallest absolute Gasteiger partial charge is 0.335 e. The summed E-state index contributed by atoms with van der Waals surface area (Å²) in [5.41, 5.74) is 0.672. The van der Waals surface area contributed by atoms with Crippen molar-refractivity contribution in [1.29, 1.82) is 5.41 Å². The van der Waals surface area contributed by atoms with E-state index in [1.807, 2.05) is 26.8 Å². The lowest BCUT2D eigenvalue weighted by Crippen LogP contribution is -2.15. The fourth-order valence-electron chi connectivity index (χ4n) is 1.21. The number of allylic oxidation sites excluding steroid dienone is 1. The molecular formula is C11H18N2O2. The van der Waals surface area contributed by atoms with Crippen LogP contribution in [0.5, 0.6) is 0 Å². The SMILES string of the molecule is CCOC(=O)C(C)=C(N=C=N)C(C)(C)C. The van der Waals surface area contributed by atoms with E-state index >= 15 is 0 Å². The van der Waals surface area contributed by atoms with Gasteiger partial charge in [-0.05, 0) is 13.8 Å². The second kappa shape index (κ2) is 5.47. The molecule has 84 valence electrons. The molecule has 0 rings (SSSR count). The van der Waals surface area contributed by atoms with E-state index in [2.05, 4.69) is 4.99 Å². The van der Waals surface area contributed by atoms with Crippen LogP contribution in [-0.2, 0) is 9.53 Å². The average Bonchev–Trinajstić information content (AvgIpc) is 2.11. The highest BCUT2D eigenvalue weighted by molar-refractivity contribution is 5.89. The molecule has 0 unspecified atom stereocenters. The zero-order chi connectivity index (χ0) is 12.1. The molecule has 1 N–H and O–H groups in total. The van der Waals surface area contributed by atoms with Gasteiger partial charge in [-0.15, -0.1) is 0 Å². The molecule has 0 radical (unpaired) electrons. The first-order valence-corrected chi connectivity index (χ1v) is 4.85. The van der Waals surface area contributed by atoms with E-state index in [0.29, 0.717) is 17.9 Å². The molecule has 0 saturated heterocycles. The Bertz CT molecular complexity index is 318. The predicted molar refractivity (Wildman–Crippen MR) is 58.9 cm³/mol. The second-order valence-corrected chi connectivity index (χ2v) is 4.17. The summed E-state index contributed by atoms with van der Waals surface area (Å²) in [4.78, 5) is 15.3. The van der Waals surface area contributed by atoms with Crippen LogP contribution in [0.1, 0.15) is 34.6 Å². The molecule has 15 heavy (non-hydrogen) atoms. The zero-order valence-electron chi connectivity index (χ0n) is 9.97. The Morgan fingerprint density at radius 1 is 1.47 bits per heavy atom. The van der Waals surface area contributed by atoms with Crippen LogP contribution in [0.25, 0.3) is 0 Å². The summed E-state index contributed by atoms with van der Waals surface area (Å²) in [5, 5.41) is 6.85. The molecule has 4 nitrogen and oxygen atoms in total. The van der Waals surface area contributed by atoms with Gasteiger partial charge >= 0.3 is 5.97 Å². The van der Waals surface area contributed by atoms with Gasteiger partial charge in [0.2, 0.25) is 0 Å². The lowest BCUT2D eigenvalue weighted by Gasteiger charge is -2.20. The minimum Gasteiger partial charge on any atom is -0.463 e. The van der Waals surface area contributed by atoms with E-state index in [1.54, 1.807) is 13.8 Å². The quantitative estimate of drug-likeness (QED) is 0.442. The summed E-state index contributed by atoms with van der Waals surface area (Å²) < 4.78 is 4.88. The molecule has 0 aliphatic heterocycles. The average molecular weight is 210 g/mol. The van der Waals surface area contributed by atoms with Gasteiger partial charge in [0.05, 0.1) is 23.9 Å². The summed E-state index contributed by atoms with van der Waals surface area (Å²) in [6.45, 7) is 9.51. The number of hydrogen-bond donors (Lipinski definition) is 1. The van der Waals surface area contributed by atoms with Crippen molar-refractivity contribution < 1.29 is 9.53 Å². The Balaban J connectivity index is 5.28.